The molecule has 86 valence electrons. The van der Waals surface area contributed by atoms with Gasteiger partial charge in [-0.15, -0.1) is 11.6 Å². The van der Waals surface area contributed by atoms with Crippen LogP contribution in [0.5, 0.6) is 0 Å². The molecule has 0 aromatic rings. The molecule has 0 aromatic carbocycles. The molecule has 1 aliphatic heterocycles. The highest BCUT2D eigenvalue weighted by atomic mass is 35.5. The third-order valence-electron chi connectivity index (χ3n) is 2.98. The van der Waals surface area contributed by atoms with Crippen LogP contribution in [0, 0.1) is 5.41 Å². The Hall–Kier alpha value is -0.770. The van der Waals surface area contributed by atoms with E-state index in [1.807, 2.05) is 13.8 Å². The Labute approximate surface area is 94.7 Å². The molecule has 2 N–H and O–H groups in total. The van der Waals surface area contributed by atoms with Crippen molar-refractivity contribution in [1.29, 1.82) is 0 Å². The summed E-state index contributed by atoms with van der Waals surface area (Å²) in [5.41, 5.74) is 5.09. The first kappa shape index (κ1) is 12.3. The highest BCUT2D eigenvalue weighted by Crippen LogP contribution is 2.35. The van der Waals surface area contributed by atoms with E-state index in [0.29, 0.717) is 6.54 Å². The fourth-order valence-electron chi connectivity index (χ4n) is 2.28. The van der Waals surface area contributed by atoms with Gasteiger partial charge in [-0.05, 0) is 18.3 Å². The Morgan fingerprint density at radius 1 is 1.53 bits per heavy atom. The molecule has 0 aliphatic carbocycles. The van der Waals surface area contributed by atoms with Crippen molar-refractivity contribution in [2.45, 2.75) is 32.7 Å². The number of primary amides is 1. The van der Waals surface area contributed by atoms with Gasteiger partial charge < -0.3 is 10.6 Å². The van der Waals surface area contributed by atoms with E-state index in [4.69, 9.17) is 17.3 Å². The molecule has 2 amide bonds. The molecule has 0 saturated carbocycles. The SMILES string of the molecule is CC1(C)CCCN(C(=O)CCl)[C@H]1C(N)=O. The molecule has 1 atom stereocenters. The molecule has 0 spiro atoms. The van der Waals surface area contributed by atoms with E-state index < -0.39 is 11.9 Å². The summed E-state index contributed by atoms with van der Waals surface area (Å²) in [7, 11) is 0. The minimum Gasteiger partial charge on any atom is -0.368 e. The number of halogens is 1. The summed E-state index contributed by atoms with van der Waals surface area (Å²) in [4.78, 5) is 24.5. The number of alkyl halides is 1. The summed E-state index contributed by atoms with van der Waals surface area (Å²) in [6, 6.07) is -0.530. The summed E-state index contributed by atoms with van der Waals surface area (Å²) in [5.74, 6) is -0.758. The molecular weight excluding hydrogens is 216 g/mol. The fourth-order valence-corrected chi connectivity index (χ4v) is 2.43. The van der Waals surface area contributed by atoms with Crippen LogP contribution >= 0.6 is 11.6 Å². The van der Waals surface area contributed by atoms with Crippen molar-refractivity contribution in [2.24, 2.45) is 11.1 Å². The van der Waals surface area contributed by atoms with Crippen LogP contribution in [0.15, 0.2) is 0 Å². The monoisotopic (exact) mass is 232 g/mol. The quantitative estimate of drug-likeness (QED) is 0.714. The molecule has 5 heteroatoms. The zero-order valence-electron chi connectivity index (χ0n) is 9.12. The molecule has 0 radical (unpaired) electrons. The van der Waals surface area contributed by atoms with Gasteiger partial charge in [0.2, 0.25) is 11.8 Å². The molecule has 1 saturated heterocycles. The van der Waals surface area contributed by atoms with Crippen LogP contribution in [-0.2, 0) is 9.59 Å². The maximum absolute atomic E-state index is 11.6. The molecule has 1 rings (SSSR count). The summed E-state index contributed by atoms with van der Waals surface area (Å²) < 4.78 is 0. The van der Waals surface area contributed by atoms with Gasteiger partial charge in [0, 0.05) is 6.54 Å². The second-order valence-corrected chi connectivity index (χ2v) is 4.89. The molecule has 1 aliphatic rings. The number of nitrogens with two attached hydrogens (primary N) is 1. The highest BCUT2D eigenvalue weighted by molar-refractivity contribution is 6.27. The number of hydrogen-bond donors (Lipinski definition) is 1. The fraction of sp³-hybridized carbons (Fsp3) is 0.800. The molecule has 0 aromatic heterocycles. The number of hydrogen-bond acceptors (Lipinski definition) is 2. The lowest BCUT2D eigenvalue weighted by atomic mass is 9.76. The van der Waals surface area contributed by atoms with Crippen LogP contribution in [0.4, 0.5) is 0 Å². The van der Waals surface area contributed by atoms with E-state index in [-0.39, 0.29) is 17.2 Å². The van der Waals surface area contributed by atoms with Crippen LogP contribution in [0.1, 0.15) is 26.7 Å². The third kappa shape index (κ3) is 2.43. The Kier molecular flexibility index (Phi) is 3.60. The predicted molar refractivity (Wildman–Crippen MR) is 58.4 cm³/mol. The third-order valence-corrected chi connectivity index (χ3v) is 3.20. The number of amides is 2. The first-order valence-corrected chi connectivity index (χ1v) is 5.58. The van der Waals surface area contributed by atoms with Crippen LogP contribution in [0.3, 0.4) is 0 Å². The maximum Gasteiger partial charge on any atom is 0.240 e. The second kappa shape index (κ2) is 4.39. The van der Waals surface area contributed by atoms with Crippen molar-refractivity contribution in [1.82, 2.24) is 4.90 Å². The highest BCUT2D eigenvalue weighted by Gasteiger charge is 2.42. The topological polar surface area (TPSA) is 63.4 Å². The average molecular weight is 233 g/mol. The minimum atomic E-state index is -0.530. The van der Waals surface area contributed by atoms with Crippen molar-refractivity contribution in [3.8, 4) is 0 Å². The van der Waals surface area contributed by atoms with Gasteiger partial charge in [-0.1, -0.05) is 13.8 Å². The van der Waals surface area contributed by atoms with E-state index in [1.165, 1.54) is 4.90 Å². The van der Waals surface area contributed by atoms with Crippen molar-refractivity contribution >= 4 is 23.4 Å². The Morgan fingerprint density at radius 2 is 2.13 bits per heavy atom. The maximum atomic E-state index is 11.6. The number of carbonyl (C=O) groups excluding carboxylic acids is 2. The Morgan fingerprint density at radius 3 is 2.60 bits per heavy atom. The molecular formula is C10H17ClN2O2. The van der Waals surface area contributed by atoms with Crippen LogP contribution in [0.25, 0.3) is 0 Å². The first-order chi connectivity index (χ1) is 6.90. The number of carbonyl (C=O) groups is 2. The summed E-state index contributed by atoms with van der Waals surface area (Å²) in [5, 5.41) is 0. The molecule has 1 fully saturated rings. The molecule has 1 heterocycles. The first-order valence-electron chi connectivity index (χ1n) is 5.05. The van der Waals surface area contributed by atoms with Gasteiger partial charge in [-0.3, -0.25) is 9.59 Å². The van der Waals surface area contributed by atoms with Crippen molar-refractivity contribution < 1.29 is 9.59 Å². The van der Waals surface area contributed by atoms with Crippen molar-refractivity contribution in [2.75, 3.05) is 12.4 Å². The summed E-state index contributed by atoms with van der Waals surface area (Å²) >= 11 is 5.51. The molecule has 0 bridgehead atoms. The smallest absolute Gasteiger partial charge is 0.240 e. The number of likely N-dealkylation sites (tertiary alicyclic amines) is 1. The number of nitrogens with zero attached hydrogens (tertiary/aromatic N) is 1. The van der Waals surface area contributed by atoms with Crippen LogP contribution < -0.4 is 5.73 Å². The van der Waals surface area contributed by atoms with Crippen LogP contribution in [-0.4, -0.2) is 35.2 Å². The van der Waals surface area contributed by atoms with E-state index in [9.17, 15) is 9.59 Å². The van der Waals surface area contributed by atoms with Crippen LogP contribution in [0.2, 0.25) is 0 Å². The molecule has 15 heavy (non-hydrogen) atoms. The lowest BCUT2D eigenvalue weighted by molar-refractivity contribution is -0.144. The number of rotatable bonds is 2. The molecule has 0 unspecified atom stereocenters. The second-order valence-electron chi connectivity index (χ2n) is 4.62. The lowest BCUT2D eigenvalue weighted by Gasteiger charge is -2.44. The van der Waals surface area contributed by atoms with Gasteiger partial charge in [-0.2, -0.15) is 0 Å². The van der Waals surface area contributed by atoms with Gasteiger partial charge in [0.05, 0.1) is 0 Å². The standard InChI is InChI=1S/C10H17ClN2O2/c1-10(2)4-3-5-13(7(14)6-11)8(10)9(12)15/h8H,3-6H2,1-2H3,(H2,12,15)/t8-/m0/s1. The lowest BCUT2D eigenvalue weighted by Crippen LogP contribution is -2.58. The van der Waals surface area contributed by atoms with Crippen molar-refractivity contribution in [3.63, 3.8) is 0 Å². The predicted octanol–water partition coefficient (Wildman–Crippen LogP) is 0.728. The van der Waals surface area contributed by atoms with E-state index in [2.05, 4.69) is 0 Å². The summed E-state index contributed by atoms with van der Waals surface area (Å²) in [6.45, 7) is 4.48. The zero-order chi connectivity index (χ0) is 11.6. The Bertz CT molecular complexity index is 279. The summed E-state index contributed by atoms with van der Waals surface area (Å²) in [6.07, 6.45) is 1.78. The van der Waals surface area contributed by atoms with Crippen molar-refractivity contribution in [3.05, 3.63) is 0 Å². The van der Waals surface area contributed by atoms with E-state index in [0.717, 1.165) is 12.8 Å². The van der Waals surface area contributed by atoms with E-state index >= 15 is 0 Å². The van der Waals surface area contributed by atoms with Gasteiger partial charge >= 0.3 is 0 Å². The minimum absolute atomic E-state index is 0.0974. The normalized spacial score (nSPS) is 25.0. The van der Waals surface area contributed by atoms with Gasteiger partial charge in [0.15, 0.2) is 0 Å². The zero-order valence-corrected chi connectivity index (χ0v) is 9.88. The largest absolute Gasteiger partial charge is 0.368 e. The molecule has 4 nitrogen and oxygen atoms in total. The average Bonchev–Trinajstić information content (AvgIpc) is 2.14. The van der Waals surface area contributed by atoms with Gasteiger partial charge in [-0.25, -0.2) is 0 Å². The Balaban J connectivity index is 2.94. The van der Waals surface area contributed by atoms with Gasteiger partial charge in [0.25, 0.3) is 0 Å². The van der Waals surface area contributed by atoms with E-state index in [1.54, 1.807) is 0 Å². The number of piperidine rings is 1. The van der Waals surface area contributed by atoms with Gasteiger partial charge in [0.1, 0.15) is 11.9 Å².